The van der Waals surface area contributed by atoms with Crippen LogP contribution in [0.1, 0.15) is 32.3 Å². The van der Waals surface area contributed by atoms with E-state index in [9.17, 15) is 14.6 Å². The summed E-state index contributed by atoms with van der Waals surface area (Å²) in [7, 11) is 0. The molecule has 4 heteroatoms. The van der Waals surface area contributed by atoms with Crippen LogP contribution in [0.4, 0.5) is 4.39 Å². The third-order valence-corrected chi connectivity index (χ3v) is 3.34. The summed E-state index contributed by atoms with van der Waals surface area (Å²) in [4.78, 5) is 0. The Morgan fingerprint density at radius 2 is 2.21 bits per heavy atom. The van der Waals surface area contributed by atoms with Crippen LogP contribution in [0.5, 0.6) is 5.75 Å². The van der Waals surface area contributed by atoms with Gasteiger partial charge in [0.1, 0.15) is 11.6 Å². The fraction of sp³-hybridized carbons (Fsp3) is 0.467. The molecule has 0 amide bonds. The van der Waals surface area contributed by atoms with Gasteiger partial charge >= 0.3 is 0 Å². The molecule has 2 N–H and O–H groups in total. The van der Waals surface area contributed by atoms with Crippen LogP contribution in [0.15, 0.2) is 24.3 Å². The van der Waals surface area contributed by atoms with Gasteiger partial charge in [0.2, 0.25) is 0 Å². The number of benzene rings is 1. The first-order valence-electron chi connectivity index (χ1n) is 6.40. The molecular weight excluding hydrogens is 247 g/mol. The Morgan fingerprint density at radius 3 is 2.84 bits per heavy atom. The van der Waals surface area contributed by atoms with Gasteiger partial charge in [-0.1, -0.05) is 12.2 Å². The lowest BCUT2D eigenvalue weighted by molar-refractivity contribution is -0.0567. The molecule has 1 aromatic carbocycles. The highest BCUT2D eigenvalue weighted by Crippen LogP contribution is 2.31. The molecule has 0 saturated carbocycles. The van der Waals surface area contributed by atoms with Crippen molar-refractivity contribution in [1.82, 2.24) is 0 Å². The molecule has 0 aromatic heterocycles. The fourth-order valence-corrected chi connectivity index (χ4v) is 2.24. The zero-order valence-corrected chi connectivity index (χ0v) is 11.1. The highest BCUT2D eigenvalue weighted by Gasteiger charge is 2.34. The maximum atomic E-state index is 13.0. The standard InChI is InChI=1S/C15H19FO3/c1-15(2)8-7-14(19-15)13(18)5-3-10-9-11(16)4-6-12(10)17/h3-6,9,13-14,17-18H,7-8H2,1-2H3/b5-3+/t13?,14-/m1/s1. The molecule has 2 atom stereocenters. The molecule has 0 radical (unpaired) electrons. The number of hydrogen-bond donors (Lipinski definition) is 2. The quantitative estimate of drug-likeness (QED) is 0.884. The lowest BCUT2D eigenvalue weighted by Crippen LogP contribution is -2.27. The molecule has 1 fully saturated rings. The average Bonchev–Trinajstić information content (AvgIpc) is 2.70. The van der Waals surface area contributed by atoms with Crippen LogP contribution in [-0.4, -0.2) is 28.0 Å². The number of aromatic hydroxyl groups is 1. The molecule has 0 bridgehead atoms. The van der Waals surface area contributed by atoms with E-state index in [2.05, 4.69) is 0 Å². The van der Waals surface area contributed by atoms with E-state index < -0.39 is 11.9 Å². The lowest BCUT2D eigenvalue weighted by Gasteiger charge is -2.21. The molecule has 1 saturated heterocycles. The number of rotatable bonds is 3. The second-order valence-electron chi connectivity index (χ2n) is 5.51. The third-order valence-electron chi connectivity index (χ3n) is 3.34. The molecule has 1 unspecified atom stereocenters. The van der Waals surface area contributed by atoms with Crippen LogP contribution in [0, 0.1) is 5.82 Å². The first kappa shape index (κ1) is 14.0. The second kappa shape index (κ2) is 5.31. The largest absolute Gasteiger partial charge is 0.507 e. The summed E-state index contributed by atoms with van der Waals surface area (Å²) in [6.07, 6.45) is 3.71. The summed E-state index contributed by atoms with van der Waals surface area (Å²) in [6.45, 7) is 3.98. The third kappa shape index (κ3) is 3.55. The Morgan fingerprint density at radius 1 is 1.47 bits per heavy atom. The van der Waals surface area contributed by atoms with Crippen LogP contribution in [0.2, 0.25) is 0 Å². The van der Waals surface area contributed by atoms with Crippen molar-refractivity contribution in [3.05, 3.63) is 35.7 Å². The van der Waals surface area contributed by atoms with Gasteiger partial charge in [0.15, 0.2) is 0 Å². The minimum atomic E-state index is -0.760. The van der Waals surface area contributed by atoms with E-state index in [0.717, 1.165) is 12.8 Å². The van der Waals surface area contributed by atoms with Crippen molar-refractivity contribution >= 4 is 6.08 Å². The summed E-state index contributed by atoms with van der Waals surface area (Å²) < 4.78 is 18.8. The smallest absolute Gasteiger partial charge is 0.124 e. The molecule has 0 spiro atoms. The summed E-state index contributed by atoms with van der Waals surface area (Å²) in [6, 6.07) is 3.69. The van der Waals surface area contributed by atoms with Crippen molar-refractivity contribution in [3.8, 4) is 5.75 Å². The van der Waals surface area contributed by atoms with Crippen LogP contribution < -0.4 is 0 Å². The summed E-state index contributed by atoms with van der Waals surface area (Å²) in [5, 5.41) is 19.6. The van der Waals surface area contributed by atoms with Gasteiger partial charge in [0, 0.05) is 5.56 Å². The number of phenols is 1. The van der Waals surface area contributed by atoms with Gasteiger partial charge in [-0.05, 0) is 44.9 Å². The topological polar surface area (TPSA) is 49.7 Å². The molecule has 2 rings (SSSR count). The van der Waals surface area contributed by atoms with E-state index in [4.69, 9.17) is 4.74 Å². The molecule has 3 nitrogen and oxygen atoms in total. The van der Waals surface area contributed by atoms with Gasteiger partial charge in [-0.15, -0.1) is 0 Å². The maximum absolute atomic E-state index is 13.0. The van der Waals surface area contributed by atoms with Gasteiger partial charge in [-0.3, -0.25) is 0 Å². The van der Waals surface area contributed by atoms with Gasteiger partial charge in [-0.2, -0.15) is 0 Å². The van der Waals surface area contributed by atoms with E-state index in [0.29, 0.717) is 5.56 Å². The SMILES string of the molecule is CC1(C)CC[C@H](C(O)/C=C/c2cc(F)ccc2O)O1. The van der Waals surface area contributed by atoms with Crippen molar-refractivity contribution in [2.45, 2.75) is 44.5 Å². The molecule has 1 aliphatic heterocycles. The highest BCUT2D eigenvalue weighted by atomic mass is 19.1. The Hall–Kier alpha value is -1.39. The van der Waals surface area contributed by atoms with E-state index in [1.165, 1.54) is 30.4 Å². The van der Waals surface area contributed by atoms with Crippen molar-refractivity contribution in [1.29, 1.82) is 0 Å². The molecule has 1 aromatic rings. The minimum Gasteiger partial charge on any atom is -0.507 e. The Labute approximate surface area is 112 Å². The van der Waals surface area contributed by atoms with Gasteiger partial charge < -0.3 is 14.9 Å². The molecule has 1 aliphatic rings. The Kier molecular flexibility index (Phi) is 3.92. The molecule has 1 heterocycles. The number of ether oxygens (including phenoxy) is 1. The van der Waals surface area contributed by atoms with Crippen LogP contribution in [-0.2, 0) is 4.74 Å². The summed E-state index contributed by atoms with van der Waals surface area (Å²) >= 11 is 0. The molecule has 0 aliphatic carbocycles. The van der Waals surface area contributed by atoms with Crippen molar-refractivity contribution in [2.24, 2.45) is 0 Å². The van der Waals surface area contributed by atoms with Gasteiger partial charge in [-0.25, -0.2) is 4.39 Å². The lowest BCUT2D eigenvalue weighted by atomic mass is 10.0. The van der Waals surface area contributed by atoms with E-state index in [1.54, 1.807) is 0 Å². The second-order valence-corrected chi connectivity index (χ2v) is 5.51. The van der Waals surface area contributed by atoms with Gasteiger partial charge in [0.25, 0.3) is 0 Å². The first-order valence-corrected chi connectivity index (χ1v) is 6.40. The number of aliphatic hydroxyl groups is 1. The Bertz CT molecular complexity index is 482. The van der Waals surface area contributed by atoms with Crippen LogP contribution in [0.3, 0.4) is 0 Å². The average molecular weight is 266 g/mol. The fourth-order valence-electron chi connectivity index (χ4n) is 2.24. The summed E-state index contributed by atoms with van der Waals surface area (Å²) in [5.41, 5.74) is 0.136. The monoisotopic (exact) mass is 266 g/mol. The normalized spacial score (nSPS) is 23.9. The summed E-state index contributed by atoms with van der Waals surface area (Å²) in [5.74, 6) is -0.442. The predicted molar refractivity (Wildman–Crippen MR) is 71.3 cm³/mol. The number of hydrogen-bond acceptors (Lipinski definition) is 3. The van der Waals surface area contributed by atoms with Crippen LogP contribution in [0.25, 0.3) is 6.08 Å². The Balaban J connectivity index is 2.04. The van der Waals surface area contributed by atoms with Crippen molar-refractivity contribution in [2.75, 3.05) is 0 Å². The molecular formula is C15H19FO3. The number of phenolic OH excluding ortho intramolecular Hbond substituents is 1. The van der Waals surface area contributed by atoms with Crippen molar-refractivity contribution < 1.29 is 19.3 Å². The zero-order chi connectivity index (χ0) is 14.0. The number of halogens is 1. The van der Waals surface area contributed by atoms with Crippen LogP contribution >= 0.6 is 0 Å². The molecule has 19 heavy (non-hydrogen) atoms. The number of aliphatic hydroxyl groups excluding tert-OH is 1. The maximum Gasteiger partial charge on any atom is 0.124 e. The predicted octanol–water partition coefficient (Wildman–Crippen LogP) is 2.86. The highest BCUT2D eigenvalue weighted by molar-refractivity contribution is 5.57. The first-order chi connectivity index (χ1) is 8.87. The van der Waals surface area contributed by atoms with E-state index in [1.807, 2.05) is 13.8 Å². The van der Waals surface area contributed by atoms with E-state index >= 15 is 0 Å². The minimum absolute atomic E-state index is 0.0162. The molecule has 104 valence electrons. The van der Waals surface area contributed by atoms with E-state index in [-0.39, 0.29) is 17.5 Å². The zero-order valence-electron chi connectivity index (χ0n) is 11.1. The van der Waals surface area contributed by atoms with Gasteiger partial charge in [0.05, 0.1) is 17.8 Å². The van der Waals surface area contributed by atoms with Crippen molar-refractivity contribution in [3.63, 3.8) is 0 Å².